The van der Waals surface area contributed by atoms with E-state index in [1.54, 1.807) is 0 Å². The van der Waals surface area contributed by atoms with Gasteiger partial charge in [-0.05, 0) is 25.7 Å². The van der Waals surface area contributed by atoms with Gasteiger partial charge in [-0.25, -0.2) is 0 Å². The lowest BCUT2D eigenvalue weighted by atomic mass is 10.0. The van der Waals surface area contributed by atoms with Crippen LogP contribution in [-0.4, -0.2) is 0 Å². The number of hydrogen-bond donors (Lipinski definition) is 0. The fourth-order valence-corrected chi connectivity index (χ4v) is 0.709. The van der Waals surface area contributed by atoms with E-state index in [-0.39, 0.29) is 0 Å². The van der Waals surface area contributed by atoms with Crippen LogP contribution in [-0.2, 0) is 0 Å². The average Bonchev–Trinajstić information content (AvgIpc) is 1.83. The van der Waals surface area contributed by atoms with Crippen LogP contribution < -0.4 is 0 Å². The Labute approximate surface area is 52.6 Å². The van der Waals surface area contributed by atoms with Crippen molar-refractivity contribution in [3.8, 4) is 0 Å². The third-order valence-corrected chi connectivity index (χ3v) is 1.36. The second kappa shape index (κ2) is 4.89. The highest BCUT2D eigenvalue weighted by molar-refractivity contribution is 4.84. The van der Waals surface area contributed by atoms with Crippen molar-refractivity contribution in [3.05, 3.63) is 19.1 Å². The van der Waals surface area contributed by atoms with E-state index in [1.165, 1.54) is 6.42 Å². The zero-order valence-electron chi connectivity index (χ0n) is 5.85. The lowest BCUT2D eigenvalue weighted by molar-refractivity contribution is 0.635. The summed E-state index contributed by atoms with van der Waals surface area (Å²) in [6.45, 7) is 8.07. The van der Waals surface area contributed by atoms with Gasteiger partial charge in [0.15, 0.2) is 0 Å². The molecule has 0 rings (SSSR count). The Morgan fingerprint density at radius 2 is 2.25 bits per heavy atom. The highest BCUT2D eigenvalue weighted by Gasteiger charge is 1.93. The van der Waals surface area contributed by atoms with Gasteiger partial charge in [0, 0.05) is 0 Å². The lowest BCUT2D eigenvalue weighted by Crippen LogP contribution is -1.89. The summed E-state index contributed by atoms with van der Waals surface area (Å²) in [6.07, 6.45) is 6.56. The van der Waals surface area contributed by atoms with Gasteiger partial charge in [0.1, 0.15) is 0 Å². The van der Waals surface area contributed by atoms with Crippen molar-refractivity contribution >= 4 is 0 Å². The van der Waals surface area contributed by atoms with E-state index >= 15 is 0 Å². The van der Waals surface area contributed by atoms with Gasteiger partial charge in [0.25, 0.3) is 0 Å². The molecule has 0 amide bonds. The molecule has 47 valence electrons. The number of hydrogen-bond acceptors (Lipinski definition) is 0. The maximum absolute atomic E-state index is 3.82. The minimum atomic E-state index is 0.708. The van der Waals surface area contributed by atoms with E-state index in [4.69, 9.17) is 0 Å². The molecule has 0 aliphatic heterocycles. The topological polar surface area (TPSA) is 0 Å². The van der Waals surface area contributed by atoms with E-state index in [0.29, 0.717) is 5.92 Å². The van der Waals surface area contributed by atoms with Crippen molar-refractivity contribution in [2.45, 2.75) is 26.7 Å². The van der Waals surface area contributed by atoms with Crippen molar-refractivity contribution in [1.29, 1.82) is 0 Å². The molecule has 0 N–H and O–H groups in total. The zero-order valence-corrected chi connectivity index (χ0v) is 5.85. The van der Waals surface area contributed by atoms with Gasteiger partial charge >= 0.3 is 0 Å². The summed E-state index contributed by atoms with van der Waals surface area (Å²) in [5, 5.41) is 0. The minimum Gasteiger partial charge on any atom is -0.0914 e. The molecule has 0 aromatic rings. The van der Waals surface area contributed by atoms with Crippen molar-refractivity contribution in [3.63, 3.8) is 0 Å². The van der Waals surface area contributed by atoms with Crippen molar-refractivity contribution in [1.82, 2.24) is 0 Å². The van der Waals surface area contributed by atoms with Gasteiger partial charge in [-0.15, -0.1) is 0 Å². The first-order chi connectivity index (χ1) is 3.85. The van der Waals surface area contributed by atoms with E-state index in [1.807, 2.05) is 0 Å². The highest BCUT2D eigenvalue weighted by atomic mass is 14.0. The number of rotatable bonds is 3. The lowest BCUT2D eigenvalue weighted by Gasteiger charge is -2.02. The Morgan fingerprint density at radius 3 is 2.38 bits per heavy atom. The summed E-state index contributed by atoms with van der Waals surface area (Å²) < 4.78 is 0. The molecule has 0 aromatic heterocycles. The predicted molar refractivity (Wildman–Crippen MR) is 38.6 cm³/mol. The minimum absolute atomic E-state index is 0.708. The molecule has 0 saturated carbocycles. The molecule has 0 saturated heterocycles. The largest absolute Gasteiger partial charge is 0.0914 e. The second-order valence-electron chi connectivity index (χ2n) is 1.98. The molecule has 1 unspecified atom stereocenters. The Kier molecular flexibility index (Phi) is 4.73. The molecule has 1 radical (unpaired) electrons. The molecule has 0 heteroatoms. The van der Waals surface area contributed by atoms with E-state index in [0.717, 1.165) is 6.42 Å². The second-order valence-corrected chi connectivity index (χ2v) is 1.98. The summed E-state index contributed by atoms with van der Waals surface area (Å²) in [4.78, 5) is 0. The molecule has 0 aliphatic rings. The predicted octanol–water partition coefficient (Wildman–Crippen LogP) is 2.81. The van der Waals surface area contributed by atoms with Crippen LogP contribution in [0.2, 0.25) is 0 Å². The molecule has 1 atom stereocenters. The van der Waals surface area contributed by atoms with E-state index in [9.17, 15) is 0 Å². The Balaban J connectivity index is 3.36. The normalized spacial score (nSPS) is 11.5. The van der Waals surface area contributed by atoms with Crippen LogP contribution in [0.5, 0.6) is 0 Å². The van der Waals surface area contributed by atoms with Crippen molar-refractivity contribution < 1.29 is 0 Å². The Morgan fingerprint density at radius 1 is 1.62 bits per heavy atom. The van der Waals surface area contributed by atoms with Gasteiger partial charge in [-0.2, -0.15) is 0 Å². The van der Waals surface area contributed by atoms with Gasteiger partial charge in [-0.3, -0.25) is 0 Å². The van der Waals surface area contributed by atoms with Crippen LogP contribution in [0.15, 0.2) is 12.2 Å². The first kappa shape index (κ1) is 7.74. The van der Waals surface area contributed by atoms with Crippen LogP contribution in [0.4, 0.5) is 0 Å². The molecular formula is C8H15. The maximum atomic E-state index is 3.82. The van der Waals surface area contributed by atoms with Gasteiger partial charge in [0.2, 0.25) is 0 Å². The van der Waals surface area contributed by atoms with Crippen LogP contribution >= 0.6 is 0 Å². The van der Waals surface area contributed by atoms with Gasteiger partial charge in [0.05, 0.1) is 0 Å². The van der Waals surface area contributed by atoms with Crippen LogP contribution in [0, 0.1) is 12.8 Å². The fourth-order valence-electron chi connectivity index (χ4n) is 0.709. The van der Waals surface area contributed by atoms with Crippen molar-refractivity contribution in [2.24, 2.45) is 5.92 Å². The van der Waals surface area contributed by atoms with Crippen molar-refractivity contribution in [2.75, 3.05) is 0 Å². The molecule has 0 aliphatic carbocycles. The monoisotopic (exact) mass is 111 g/mol. The summed E-state index contributed by atoms with van der Waals surface area (Å²) in [6, 6.07) is 0. The standard InChI is InChI=1S/C8H15/c1-4-7-8(5-2)6-3/h4,7-8H,2,5-6H2,1,3H3. The summed E-state index contributed by atoms with van der Waals surface area (Å²) >= 11 is 0. The van der Waals surface area contributed by atoms with Gasteiger partial charge < -0.3 is 0 Å². The van der Waals surface area contributed by atoms with Crippen LogP contribution in [0.3, 0.4) is 0 Å². The molecule has 8 heavy (non-hydrogen) atoms. The van der Waals surface area contributed by atoms with E-state index < -0.39 is 0 Å². The molecule has 0 bridgehead atoms. The SMILES string of the molecule is [CH2]CC(C=CC)CC. The third kappa shape index (κ3) is 2.84. The highest BCUT2D eigenvalue weighted by Crippen LogP contribution is 2.07. The average molecular weight is 111 g/mol. The number of allylic oxidation sites excluding steroid dienone is 2. The summed E-state index contributed by atoms with van der Waals surface area (Å²) in [5.74, 6) is 0.708. The molecule has 0 fully saturated rings. The van der Waals surface area contributed by atoms with Crippen LogP contribution in [0.1, 0.15) is 26.7 Å². The fraction of sp³-hybridized carbons (Fsp3) is 0.625. The summed E-state index contributed by atoms with van der Waals surface area (Å²) in [5.41, 5.74) is 0. The maximum Gasteiger partial charge on any atom is -0.0236 e. The molecule has 0 nitrogen and oxygen atoms in total. The summed E-state index contributed by atoms with van der Waals surface area (Å²) in [7, 11) is 0. The Bertz CT molecular complexity index is 58.4. The molecular weight excluding hydrogens is 96.1 g/mol. The quantitative estimate of drug-likeness (QED) is 0.491. The van der Waals surface area contributed by atoms with Gasteiger partial charge in [-0.1, -0.05) is 26.0 Å². The first-order valence-electron chi connectivity index (χ1n) is 3.27. The third-order valence-electron chi connectivity index (χ3n) is 1.36. The smallest absolute Gasteiger partial charge is 0.0236 e. The van der Waals surface area contributed by atoms with E-state index in [2.05, 4.69) is 32.9 Å². The molecule has 0 aromatic carbocycles. The van der Waals surface area contributed by atoms with Crippen LogP contribution in [0.25, 0.3) is 0 Å². The molecule has 0 spiro atoms. The molecule has 0 heterocycles. The first-order valence-corrected chi connectivity index (χ1v) is 3.27. The zero-order chi connectivity index (χ0) is 6.41. The Hall–Kier alpha value is -0.260.